The third kappa shape index (κ3) is 3.23. The Morgan fingerprint density at radius 3 is 2.04 bits per heavy atom. The van der Waals surface area contributed by atoms with E-state index in [-0.39, 0.29) is 5.78 Å². The number of hydrogen-bond donors (Lipinski definition) is 0. The van der Waals surface area contributed by atoms with Crippen LogP contribution in [0.5, 0.6) is 11.5 Å². The first-order chi connectivity index (χ1) is 13.7. The minimum atomic E-state index is -0.0362. The van der Waals surface area contributed by atoms with Gasteiger partial charge in [0.1, 0.15) is 11.5 Å². The normalized spacial score (nSPS) is 11.2. The molecular formula is C25H20O3. The maximum Gasteiger partial charge on any atom is 0.187 e. The van der Waals surface area contributed by atoms with Gasteiger partial charge < -0.3 is 9.47 Å². The van der Waals surface area contributed by atoms with E-state index < -0.39 is 0 Å². The second-order valence-electron chi connectivity index (χ2n) is 6.50. The molecule has 0 bridgehead atoms. The smallest absolute Gasteiger partial charge is 0.187 e. The lowest BCUT2D eigenvalue weighted by Gasteiger charge is -2.10. The number of fused-ring (bicyclic) bond motifs is 2. The Morgan fingerprint density at radius 2 is 1.43 bits per heavy atom. The van der Waals surface area contributed by atoms with Crippen LogP contribution in [0.15, 0.2) is 78.9 Å². The number of benzene rings is 4. The van der Waals surface area contributed by atoms with Gasteiger partial charge in [0.05, 0.1) is 14.2 Å². The van der Waals surface area contributed by atoms with Crippen LogP contribution in [0.25, 0.3) is 27.6 Å². The molecule has 0 amide bonds. The van der Waals surface area contributed by atoms with Gasteiger partial charge in [-0.25, -0.2) is 0 Å². The molecule has 0 radical (unpaired) electrons. The summed E-state index contributed by atoms with van der Waals surface area (Å²) in [6.45, 7) is 0. The van der Waals surface area contributed by atoms with Crippen molar-refractivity contribution in [3.8, 4) is 11.5 Å². The highest BCUT2D eigenvalue weighted by Gasteiger charge is 2.13. The predicted molar refractivity (Wildman–Crippen MR) is 114 cm³/mol. The summed E-state index contributed by atoms with van der Waals surface area (Å²) < 4.78 is 10.7. The standard InChI is InChI=1S/C25H20O3/c1-27-20-13-11-17(24(16-20)28-2)12-14-23(26)25-21-9-5-3-7-18(21)15-19-8-4-6-10-22(19)25/h3-16H,1-2H3/b14-12+. The molecule has 0 saturated carbocycles. The SMILES string of the molecule is COc1ccc(/C=C/C(=O)c2c3ccccc3cc3ccccc23)c(OC)c1. The van der Waals surface area contributed by atoms with E-state index in [1.54, 1.807) is 32.4 Å². The molecule has 0 aliphatic heterocycles. The summed E-state index contributed by atoms with van der Waals surface area (Å²) in [5.41, 5.74) is 1.54. The fourth-order valence-electron chi connectivity index (χ4n) is 3.48. The number of allylic oxidation sites excluding steroid dienone is 1. The Kier molecular flexibility index (Phi) is 4.81. The molecule has 0 heterocycles. The second-order valence-corrected chi connectivity index (χ2v) is 6.50. The van der Waals surface area contributed by atoms with E-state index >= 15 is 0 Å². The fraction of sp³-hybridized carbons (Fsp3) is 0.0800. The number of methoxy groups -OCH3 is 2. The van der Waals surface area contributed by atoms with Crippen LogP contribution in [0, 0.1) is 0 Å². The van der Waals surface area contributed by atoms with Crippen molar-refractivity contribution in [3.05, 3.63) is 90.0 Å². The molecule has 138 valence electrons. The summed E-state index contributed by atoms with van der Waals surface area (Å²) in [6.07, 6.45) is 3.40. The number of rotatable bonds is 5. The summed E-state index contributed by atoms with van der Waals surface area (Å²) in [4.78, 5) is 13.2. The molecule has 0 fully saturated rings. The monoisotopic (exact) mass is 368 g/mol. The molecule has 0 aliphatic carbocycles. The van der Waals surface area contributed by atoms with E-state index in [0.29, 0.717) is 11.5 Å². The van der Waals surface area contributed by atoms with Gasteiger partial charge in [0.2, 0.25) is 0 Å². The van der Waals surface area contributed by atoms with E-state index in [0.717, 1.165) is 32.7 Å². The predicted octanol–water partition coefficient (Wildman–Crippen LogP) is 5.91. The zero-order chi connectivity index (χ0) is 19.5. The van der Waals surface area contributed by atoms with Gasteiger partial charge >= 0.3 is 0 Å². The summed E-state index contributed by atoms with van der Waals surface area (Å²) in [6, 6.07) is 23.6. The van der Waals surface area contributed by atoms with Crippen LogP contribution in [0.4, 0.5) is 0 Å². The minimum Gasteiger partial charge on any atom is -0.497 e. The first kappa shape index (κ1) is 17.8. The molecule has 0 aliphatic rings. The lowest BCUT2D eigenvalue weighted by molar-refractivity contribution is 0.105. The van der Waals surface area contributed by atoms with E-state index in [9.17, 15) is 4.79 Å². The van der Waals surface area contributed by atoms with Crippen molar-refractivity contribution >= 4 is 33.4 Å². The molecule has 0 unspecified atom stereocenters. The molecule has 3 nitrogen and oxygen atoms in total. The van der Waals surface area contributed by atoms with Crippen LogP contribution in [-0.2, 0) is 0 Å². The molecule has 0 atom stereocenters. The zero-order valence-electron chi connectivity index (χ0n) is 15.8. The zero-order valence-corrected chi connectivity index (χ0v) is 15.8. The average Bonchev–Trinajstić information content (AvgIpc) is 2.75. The first-order valence-corrected chi connectivity index (χ1v) is 9.06. The van der Waals surface area contributed by atoms with Crippen LogP contribution in [0.1, 0.15) is 15.9 Å². The number of carbonyl (C=O) groups is 1. The molecular weight excluding hydrogens is 348 g/mol. The largest absolute Gasteiger partial charge is 0.497 e. The third-order valence-electron chi connectivity index (χ3n) is 4.87. The van der Waals surface area contributed by atoms with Crippen molar-refractivity contribution in [1.29, 1.82) is 0 Å². The van der Waals surface area contributed by atoms with Crippen LogP contribution >= 0.6 is 0 Å². The first-order valence-electron chi connectivity index (χ1n) is 9.06. The van der Waals surface area contributed by atoms with Crippen molar-refractivity contribution in [2.24, 2.45) is 0 Å². The highest BCUT2D eigenvalue weighted by Crippen LogP contribution is 2.30. The molecule has 0 aromatic heterocycles. The Morgan fingerprint density at radius 1 is 0.786 bits per heavy atom. The number of carbonyl (C=O) groups excluding carboxylic acids is 1. The van der Waals surface area contributed by atoms with Gasteiger partial charge in [-0.15, -0.1) is 0 Å². The number of ether oxygens (including phenoxy) is 2. The van der Waals surface area contributed by atoms with Gasteiger partial charge in [-0.3, -0.25) is 4.79 Å². The Hall–Kier alpha value is -3.59. The van der Waals surface area contributed by atoms with Crippen molar-refractivity contribution in [2.45, 2.75) is 0 Å². The van der Waals surface area contributed by atoms with Gasteiger partial charge in [-0.05, 0) is 51.9 Å². The molecule has 0 spiro atoms. The van der Waals surface area contributed by atoms with Crippen LogP contribution in [-0.4, -0.2) is 20.0 Å². The van der Waals surface area contributed by atoms with E-state index in [1.807, 2.05) is 60.7 Å². The van der Waals surface area contributed by atoms with E-state index in [2.05, 4.69) is 6.07 Å². The molecule has 4 rings (SSSR count). The van der Waals surface area contributed by atoms with Crippen molar-refractivity contribution in [2.75, 3.05) is 14.2 Å². The van der Waals surface area contributed by atoms with E-state index in [4.69, 9.17) is 9.47 Å². The van der Waals surface area contributed by atoms with Gasteiger partial charge in [-0.2, -0.15) is 0 Å². The molecule has 0 N–H and O–H groups in total. The maximum absolute atomic E-state index is 13.2. The minimum absolute atomic E-state index is 0.0362. The van der Waals surface area contributed by atoms with Crippen molar-refractivity contribution in [3.63, 3.8) is 0 Å². The van der Waals surface area contributed by atoms with Gasteiger partial charge in [0.15, 0.2) is 5.78 Å². The Labute approximate surface area is 163 Å². The van der Waals surface area contributed by atoms with Gasteiger partial charge in [0.25, 0.3) is 0 Å². The van der Waals surface area contributed by atoms with Crippen LogP contribution < -0.4 is 9.47 Å². The lowest BCUT2D eigenvalue weighted by atomic mass is 9.94. The van der Waals surface area contributed by atoms with Gasteiger partial charge in [-0.1, -0.05) is 48.5 Å². The topological polar surface area (TPSA) is 35.5 Å². The molecule has 4 aromatic rings. The maximum atomic E-state index is 13.2. The summed E-state index contributed by atoms with van der Waals surface area (Å²) in [7, 11) is 3.21. The second kappa shape index (κ2) is 7.57. The highest BCUT2D eigenvalue weighted by molar-refractivity contribution is 6.23. The molecule has 4 aromatic carbocycles. The van der Waals surface area contributed by atoms with Crippen molar-refractivity contribution < 1.29 is 14.3 Å². The Bertz CT molecular complexity index is 1150. The lowest BCUT2D eigenvalue weighted by Crippen LogP contribution is -1.98. The summed E-state index contributed by atoms with van der Waals surface area (Å²) in [5.74, 6) is 1.33. The quantitative estimate of drug-likeness (QED) is 0.250. The van der Waals surface area contributed by atoms with Crippen molar-refractivity contribution in [1.82, 2.24) is 0 Å². The average molecular weight is 368 g/mol. The fourth-order valence-corrected chi connectivity index (χ4v) is 3.48. The number of hydrogen-bond acceptors (Lipinski definition) is 3. The molecule has 0 saturated heterocycles. The summed E-state index contributed by atoms with van der Waals surface area (Å²) >= 11 is 0. The summed E-state index contributed by atoms with van der Waals surface area (Å²) in [5, 5.41) is 4.02. The highest BCUT2D eigenvalue weighted by atomic mass is 16.5. The molecule has 3 heteroatoms. The van der Waals surface area contributed by atoms with Crippen LogP contribution in [0.3, 0.4) is 0 Å². The van der Waals surface area contributed by atoms with Gasteiger partial charge in [0, 0.05) is 17.2 Å². The Balaban J connectivity index is 1.82. The van der Waals surface area contributed by atoms with E-state index in [1.165, 1.54) is 0 Å². The molecule has 28 heavy (non-hydrogen) atoms. The third-order valence-corrected chi connectivity index (χ3v) is 4.87. The number of ketones is 1. The van der Waals surface area contributed by atoms with Crippen LogP contribution in [0.2, 0.25) is 0 Å².